The molecule has 8 nitrogen and oxygen atoms in total. The van der Waals surface area contributed by atoms with Crippen LogP contribution < -0.4 is 16.0 Å². The number of rotatable bonds is 6. The topological polar surface area (TPSA) is 108 Å². The van der Waals surface area contributed by atoms with E-state index in [-0.39, 0.29) is 5.91 Å². The lowest BCUT2D eigenvalue weighted by Crippen LogP contribution is -2.50. The molecule has 28 heavy (non-hydrogen) atoms. The second-order valence-corrected chi connectivity index (χ2v) is 7.32. The van der Waals surface area contributed by atoms with Gasteiger partial charge in [-0.15, -0.1) is 0 Å². The fourth-order valence-corrected chi connectivity index (χ4v) is 3.85. The van der Waals surface area contributed by atoms with E-state index in [0.717, 1.165) is 35.3 Å². The Bertz CT molecular complexity index is 809. The van der Waals surface area contributed by atoms with Gasteiger partial charge in [-0.2, -0.15) is 0 Å². The van der Waals surface area contributed by atoms with Crippen LogP contribution in [-0.4, -0.2) is 47.8 Å². The Kier molecular flexibility index (Phi) is 5.67. The van der Waals surface area contributed by atoms with E-state index in [2.05, 4.69) is 16.0 Å². The molecule has 0 aromatic heterocycles. The number of fused-ring (bicyclic) bond motifs is 2. The van der Waals surface area contributed by atoms with E-state index >= 15 is 0 Å². The van der Waals surface area contributed by atoms with Crippen molar-refractivity contribution in [3.8, 4) is 0 Å². The highest BCUT2D eigenvalue weighted by atomic mass is 16.2. The lowest BCUT2D eigenvalue weighted by atomic mass is 9.76. The number of carbonyl (C=O) groups excluding carboxylic acids is 4. The van der Waals surface area contributed by atoms with Crippen LogP contribution in [0.1, 0.15) is 44.2 Å². The van der Waals surface area contributed by atoms with Gasteiger partial charge in [0.25, 0.3) is 5.91 Å². The Morgan fingerprint density at radius 1 is 1.29 bits per heavy atom. The zero-order valence-corrected chi connectivity index (χ0v) is 16.2. The first-order valence-electron chi connectivity index (χ1n) is 9.68. The van der Waals surface area contributed by atoms with Gasteiger partial charge in [0.2, 0.25) is 11.8 Å². The molecule has 0 bridgehead atoms. The van der Waals surface area contributed by atoms with Gasteiger partial charge in [0.1, 0.15) is 18.1 Å². The Balaban J connectivity index is 1.70. The summed E-state index contributed by atoms with van der Waals surface area (Å²) in [6.07, 6.45) is 2.92. The molecule has 1 heterocycles. The number of hydrogen-bond acceptors (Lipinski definition) is 4. The smallest absolute Gasteiger partial charge is 0.325 e. The summed E-state index contributed by atoms with van der Waals surface area (Å²) >= 11 is 0. The summed E-state index contributed by atoms with van der Waals surface area (Å²) in [6, 6.07) is 6.24. The first-order valence-corrected chi connectivity index (χ1v) is 9.68. The third-order valence-electron chi connectivity index (χ3n) is 5.27. The molecule has 0 unspecified atom stereocenters. The Morgan fingerprint density at radius 2 is 2.04 bits per heavy atom. The van der Waals surface area contributed by atoms with E-state index in [1.807, 2.05) is 31.2 Å². The standard InChI is InChI=1S/C20H26N4O4/c1-3-11-21-17(26)13(2)22-16(25)12-24-18(27)20(23-19(24)28)10-6-8-14-7-4-5-9-15(14)20/h4-5,7,9,13H,3,6,8,10-12H2,1-2H3,(H,21,26)(H,22,25)(H,23,28)/t13-,20+/m1/s1. The van der Waals surface area contributed by atoms with E-state index in [1.54, 1.807) is 6.92 Å². The average molecular weight is 386 g/mol. The molecular weight excluding hydrogens is 360 g/mol. The molecular formula is C20H26N4O4. The van der Waals surface area contributed by atoms with Crippen LogP contribution in [0.25, 0.3) is 0 Å². The van der Waals surface area contributed by atoms with Gasteiger partial charge in [-0.1, -0.05) is 31.2 Å². The van der Waals surface area contributed by atoms with Crippen LogP contribution in [0.2, 0.25) is 0 Å². The molecule has 2 atom stereocenters. The minimum atomic E-state index is -1.10. The van der Waals surface area contributed by atoms with Gasteiger partial charge in [-0.3, -0.25) is 19.3 Å². The van der Waals surface area contributed by atoms with Crippen molar-refractivity contribution in [2.45, 2.75) is 51.1 Å². The van der Waals surface area contributed by atoms with E-state index in [0.29, 0.717) is 13.0 Å². The summed E-state index contributed by atoms with van der Waals surface area (Å²) in [5.41, 5.74) is 0.737. The van der Waals surface area contributed by atoms with Crippen molar-refractivity contribution in [1.29, 1.82) is 0 Å². The molecule has 150 valence electrons. The highest BCUT2D eigenvalue weighted by molar-refractivity contribution is 6.09. The first-order chi connectivity index (χ1) is 13.4. The van der Waals surface area contributed by atoms with E-state index in [9.17, 15) is 19.2 Å². The van der Waals surface area contributed by atoms with Crippen LogP contribution in [0.4, 0.5) is 4.79 Å². The van der Waals surface area contributed by atoms with Crippen LogP contribution in [0, 0.1) is 0 Å². The molecule has 1 aromatic rings. The maximum absolute atomic E-state index is 13.1. The molecule has 2 aliphatic rings. The third-order valence-corrected chi connectivity index (χ3v) is 5.27. The number of hydrogen-bond donors (Lipinski definition) is 3. The predicted octanol–water partition coefficient (Wildman–Crippen LogP) is 0.801. The molecule has 1 fully saturated rings. The number of urea groups is 1. The Morgan fingerprint density at radius 3 is 2.79 bits per heavy atom. The SMILES string of the molecule is CCCNC(=O)[C@@H](C)NC(=O)CN1C(=O)N[C@]2(CCCc3ccccc32)C1=O. The van der Waals surface area contributed by atoms with Gasteiger partial charge in [-0.25, -0.2) is 4.79 Å². The fourth-order valence-electron chi connectivity index (χ4n) is 3.85. The minimum Gasteiger partial charge on any atom is -0.354 e. The van der Waals surface area contributed by atoms with Crippen LogP contribution >= 0.6 is 0 Å². The highest BCUT2D eigenvalue weighted by Crippen LogP contribution is 2.39. The predicted molar refractivity (Wildman–Crippen MR) is 102 cm³/mol. The van der Waals surface area contributed by atoms with Gasteiger partial charge in [0.15, 0.2) is 0 Å². The number of benzene rings is 1. The number of imide groups is 1. The number of carbonyl (C=O) groups is 4. The van der Waals surface area contributed by atoms with Crippen molar-refractivity contribution >= 4 is 23.8 Å². The van der Waals surface area contributed by atoms with E-state index < -0.39 is 36.0 Å². The van der Waals surface area contributed by atoms with Gasteiger partial charge < -0.3 is 16.0 Å². The van der Waals surface area contributed by atoms with Crippen molar-refractivity contribution in [2.24, 2.45) is 0 Å². The molecule has 3 N–H and O–H groups in total. The monoisotopic (exact) mass is 386 g/mol. The average Bonchev–Trinajstić information content (AvgIpc) is 2.91. The minimum absolute atomic E-state index is 0.301. The summed E-state index contributed by atoms with van der Waals surface area (Å²) in [4.78, 5) is 50.8. The van der Waals surface area contributed by atoms with Crippen molar-refractivity contribution in [3.05, 3.63) is 35.4 Å². The molecule has 1 spiro atoms. The van der Waals surface area contributed by atoms with E-state index in [4.69, 9.17) is 0 Å². The van der Waals surface area contributed by atoms with Gasteiger partial charge >= 0.3 is 6.03 Å². The molecule has 1 aliphatic carbocycles. The molecule has 8 heteroatoms. The third kappa shape index (κ3) is 3.58. The first kappa shape index (κ1) is 19.9. The largest absolute Gasteiger partial charge is 0.354 e. The lowest BCUT2D eigenvalue weighted by Gasteiger charge is -2.33. The normalized spacial score (nSPS) is 21.9. The molecule has 1 aliphatic heterocycles. The second-order valence-electron chi connectivity index (χ2n) is 7.32. The van der Waals surface area contributed by atoms with Gasteiger partial charge in [-0.05, 0) is 43.7 Å². The summed E-state index contributed by atoms with van der Waals surface area (Å²) < 4.78 is 0. The number of amides is 5. The molecule has 3 rings (SSSR count). The maximum atomic E-state index is 13.1. The number of nitrogens with one attached hydrogen (secondary N) is 3. The molecule has 5 amide bonds. The Hall–Kier alpha value is -2.90. The zero-order chi connectivity index (χ0) is 20.3. The summed E-state index contributed by atoms with van der Waals surface area (Å²) in [5, 5.41) is 8.05. The van der Waals surface area contributed by atoms with Crippen molar-refractivity contribution < 1.29 is 19.2 Å². The lowest BCUT2D eigenvalue weighted by molar-refractivity contribution is -0.136. The van der Waals surface area contributed by atoms with Crippen LogP contribution in [0.5, 0.6) is 0 Å². The molecule has 1 saturated heterocycles. The zero-order valence-electron chi connectivity index (χ0n) is 16.2. The highest BCUT2D eigenvalue weighted by Gasteiger charge is 2.54. The fraction of sp³-hybridized carbons (Fsp3) is 0.500. The number of aryl methyl sites for hydroxylation is 1. The number of nitrogens with zero attached hydrogens (tertiary/aromatic N) is 1. The molecule has 0 saturated carbocycles. The van der Waals surface area contributed by atoms with E-state index in [1.165, 1.54) is 0 Å². The van der Waals surface area contributed by atoms with Crippen LogP contribution in [-0.2, 0) is 26.3 Å². The Labute approximate surface area is 164 Å². The second kappa shape index (κ2) is 8.00. The van der Waals surface area contributed by atoms with Gasteiger partial charge in [0.05, 0.1) is 0 Å². The van der Waals surface area contributed by atoms with Crippen LogP contribution in [0.15, 0.2) is 24.3 Å². The van der Waals surface area contributed by atoms with Crippen molar-refractivity contribution in [1.82, 2.24) is 20.9 Å². The summed E-state index contributed by atoms with van der Waals surface area (Å²) in [5.74, 6) is -1.27. The van der Waals surface area contributed by atoms with Crippen molar-refractivity contribution in [2.75, 3.05) is 13.1 Å². The van der Waals surface area contributed by atoms with Gasteiger partial charge in [0, 0.05) is 6.54 Å². The summed E-state index contributed by atoms with van der Waals surface area (Å²) in [7, 11) is 0. The van der Waals surface area contributed by atoms with Crippen LogP contribution in [0.3, 0.4) is 0 Å². The quantitative estimate of drug-likeness (QED) is 0.629. The van der Waals surface area contributed by atoms with Crippen molar-refractivity contribution in [3.63, 3.8) is 0 Å². The molecule has 0 radical (unpaired) electrons. The molecule has 1 aromatic carbocycles. The maximum Gasteiger partial charge on any atom is 0.325 e. The summed E-state index contributed by atoms with van der Waals surface area (Å²) in [6.45, 7) is 3.60.